The van der Waals surface area contributed by atoms with Gasteiger partial charge in [-0.25, -0.2) is 4.98 Å². The van der Waals surface area contributed by atoms with Crippen LogP contribution in [-0.2, 0) is 7.05 Å². The Hall–Kier alpha value is -2.83. The Labute approximate surface area is 196 Å². The standard InChI is InChI=1S/C26H36N4O3/c1-28-18-21(27-19-28)26(32)30-17-11-5-3-4-10-16-29(2)25(31)20-12-6-8-14-23(20)33-24-15-9-7-13-22(24)30/h6,8,12,14,18-19,22,24H,3-5,7,9-11,13,15-17H2,1-2H3/t22-,24+/m1/s1. The number of para-hydroxylation sites is 1. The lowest BCUT2D eigenvalue weighted by Crippen LogP contribution is -2.51. The zero-order valence-electron chi connectivity index (χ0n) is 19.9. The van der Waals surface area contributed by atoms with E-state index in [9.17, 15) is 9.59 Å². The van der Waals surface area contributed by atoms with E-state index in [1.807, 2.05) is 47.8 Å². The van der Waals surface area contributed by atoms with Gasteiger partial charge >= 0.3 is 0 Å². The molecule has 7 nitrogen and oxygen atoms in total. The second kappa shape index (κ2) is 10.9. The number of benzene rings is 1. The Kier molecular flexibility index (Phi) is 7.68. The number of fused-ring (bicyclic) bond motifs is 2. The van der Waals surface area contributed by atoms with Crippen LogP contribution in [0.25, 0.3) is 0 Å². The summed E-state index contributed by atoms with van der Waals surface area (Å²) in [7, 11) is 3.75. The van der Waals surface area contributed by atoms with Crippen LogP contribution in [0.2, 0.25) is 0 Å². The molecule has 1 aromatic carbocycles. The van der Waals surface area contributed by atoms with Crippen molar-refractivity contribution >= 4 is 11.8 Å². The molecular formula is C26H36N4O3. The Morgan fingerprint density at radius 1 is 0.970 bits per heavy atom. The third kappa shape index (κ3) is 5.57. The maximum Gasteiger partial charge on any atom is 0.274 e. The lowest BCUT2D eigenvalue weighted by Gasteiger charge is -2.40. The molecule has 2 aliphatic rings. The van der Waals surface area contributed by atoms with Crippen LogP contribution in [-0.4, -0.2) is 63.4 Å². The summed E-state index contributed by atoms with van der Waals surface area (Å²) in [6.45, 7) is 1.45. The van der Waals surface area contributed by atoms with E-state index in [0.717, 1.165) is 64.3 Å². The lowest BCUT2D eigenvalue weighted by atomic mass is 9.90. The minimum Gasteiger partial charge on any atom is -0.487 e. The van der Waals surface area contributed by atoms with Gasteiger partial charge < -0.3 is 19.1 Å². The van der Waals surface area contributed by atoms with E-state index in [1.54, 1.807) is 17.4 Å². The Morgan fingerprint density at radius 2 is 1.70 bits per heavy atom. The van der Waals surface area contributed by atoms with Crippen LogP contribution in [0, 0.1) is 0 Å². The molecule has 2 atom stereocenters. The quantitative estimate of drug-likeness (QED) is 0.647. The van der Waals surface area contributed by atoms with E-state index >= 15 is 0 Å². The van der Waals surface area contributed by atoms with E-state index in [4.69, 9.17) is 4.74 Å². The van der Waals surface area contributed by atoms with Crippen molar-refractivity contribution in [1.82, 2.24) is 19.4 Å². The van der Waals surface area contributed by atoms with Crippen molar-refractivity contribution in [2.45, 2.75) is 69.9 Å². The van der Waals surface area contributed by atoms with Crippen LogP contribution in [0.5, 0.6) is 5.75 Å². The van der Waals surface area contributed by atoms with Crippen molar-refractivity contribution < 1.29 is 14.3 Å². The Balaban J connectivity index is 1.66. The Bertz CT molecular complexity index is 957. The molecule has 0 saturated heterocycles. The molecule has 0 unspecified atom stereocenters. The van der Waals surface area contributed by atoms with Gasteiger partial charge in [-0.15, -0.1) is 0 Å². The lowest BCUT2D eigenvalue weighted by molar-refractivity contribution is 0.0267. The van der Waals surface area contributed by atoms with Gasteiger partial charge in [0.15, 0.2) is 0 Å². The fraction of sp³-hybridized carbons (Fsp3) is 0.577. The van der Waals surface area contributed by atoms with Gasteiger partial charge in [-0.05, 0) is 44.2 Å². The number of hydrogen-bond donors (Lipinski definition) is 0. The molecule has 33 heavy (non-hydrogen) atoms. The number of aryl methyl sites for hydroxylation is 1. The highest BCUT2D eigenvalue weighted by Gasteiger charge is 2.36. The van der Waals surface area contributed by atoms with Gasteiger partial charge in [-0.1, -0.05) is 37.8 Å². The van der Waals surface area contributed by atoms with Crippen molar-refractivity contribution in [3.63, 3.8) is 0 Å². The van der Waals surface area contributed by atoms with Crippen LogP contribution >= 0.6 is 0 Å². The maximum absolute atomic E-state index is 13.5. The SMILES string of the molecule is CN1CCCCCCCN(C(=O)c2cn(C)cn2)[C@@H]2CCCC[C@@H]2Oc2ccccc2C1=O. The molecule has 1 aromatic heterocycles. The largest absolute Gasteiger partial charge is 0.487 e. The van der Waals surface area contributed by atoms with Gasteiger partial charge in [0.25, 0.3) is 11.8 Å². The van der Waals surface area contributed by atoms with Crippen LogP contribution in [0.1, 0.15) is 78.6 Å². The number of imidazole rings is 1. The molecule has 2 aromatic rings. The van der Waals surface area contributed by atoms with Crippen LogP contribution in [0.15, 0.2) is 36.8 Å². The molecule has 0 bridgehead atoms. The number of carbonyl (C=O) groups excluding carboxylic acids is 2. The minimum absolute atomic E-state index is 0.00532. The molecule has 1 fully saturated rings. The third-order valence-electron chi connectivity index (χ3n) is 6.89. The highest BCUT2D eigenvalue weighted by atomic mass is 16.5. The average molecular weight is 453 g/mol. The summed E-state index contributed by atoms with van der Waals surface area (Å²) in [5, 5.41) is 0. The zero-order chi connectivity index (χ0) is 23.2. The van der Waals surface area contributed by atoms with Gasteiger partial charge in [-0.2, -0.15) is 0 Å². The molecule has 0 spiro atoms. The molecule has 1 saturated carbocycles. The van der Waals surface area contributed by atoms with Gasteiger partial charge in [0, 0.05) is 33.4 Å². The zero-order valence-corrected chi connectivity index (χ0v) is 19.9. The summed E-state index contributed by atoms with van der Waals surface area (Å²) in [6.07, 6.45) is 12.4. The van der Waals surface area contributed by atoms with Gasteiger partial charge in [-0.3, -0.25) is 9.59 Å². The first-order chi connectivity index (χ1) is 16.0. The number of carbonyl (C=O) groups is 2. The smallest absolute Gasteiger partial charge is 0.274 e. The number of amides is 2. The second-order valence-corrected chi connectivity index (χ2v) is 9.42. The molecule has 178 valence electrons. The first kappa shape index (κ1) is 23.3. The van der Waals surface area contributed by atoms with Gasteiger partial charge in [0.2, 0.25) is 0 Å². The fourth-order valence-corrected chi connectivity index (χ4v) is 5.04. The van der Waals surface area contributed by atoms with E-state index < -0.39 is 0 Å². The van der Waals surface area contributed by atoms with Crippen molar-refractivity contribution in [1.29, 1.82) is 0 Å². The molecule has 0 radical (unpaired) electrons. The first-order valence-electron chi connectivity index (χ1n) is 12.3. The first-order valence-corrected chi connectivity index (χ1v) is 12.3. The summed E-state index contributed by atoms with van der Waals surface area (Å²) >= 11 is 0. The monoisotopic (exact) mass is 452 g/mol. The average Bonchev–Trinajstić information content (AvgIpc) is 3.26. The predicted molar refractivity (Wildman–Crippen MR) is 127 cm³/mol. The minimum atomic E-state index is -0.143. The number of aromatic nitrogens is 2. The van der Waals surface area contributed by atoms with Crippen LogP contribution < -0.4 is 4.74 Å². The predicted octanol–water partition coefficient (Wildman–Crippen LogP) is 4.29. The molecule has 0 N–H and O–H groups in total. The topological polar surface area (TPSA) is 67.7 Å². The van der Waals surface area contributed by atoms with Crippen molar-refractivity contribution in [2.24, 2.45) is 7.05 Å². The van der Waals surface area contributed by atoms with Crippen molar-refractivity contribution in [3.05, 3.63) is 48.0 Å². The second-order valence-electron chi connectivity index (χ2n) is 9.42. The van der Waals surface area contributed by atoms with E-state index in [0.29, 0.717) is 23.6 Å². The van der Waals surface area contributed by atoms with Gasteiger partial charge in [0.05, 0.1) is 17.9 Å². The Morgan fingerprint density at radius 3 is 2.48 bits per heavy atom. The normalized spacial score (nSPS) is 23.0. The number of rotatable bonds is 1. The fourth-order valence-electron chi connectivity index (χ4n) is 5.04. The molecular weight excluding hydrogens is 416 g/mol. The highest BCUT2D eigenvalue weighted by molar-refractivity contribution is 5.96. The number of nitrogens with zero attached hydrogens (tertiary/aromatic N) is 4. The molecule has 2 amide bonds. The summed E-state index contributed by atoms with van der Waals surface area (Å²) in [6, 6.07) is 7.50. The van der Waals surface area contributed by atoms with E-state index in [2.05, 4.69) is 4.98 Å². The van der Waals surface area contributed by atoms with Gasteiger partial charge in [0.1, 0.15) is 17.5 Å². The van der Waals surface area contributed by atoms with E-state index in [1.165, 1.54) is 0 Å². The summed E-state index contributed by atoms with van der Waals surface area (Å²) in [5.41, 5.74) is 1.08. The molecule has 4 rings (SSSR count). The van der Waals surface area contributed by atoms with Crippen LogP contribution in [0.3, 0.4) is 0 Å². The van der Waals surface area contributed by atoms with E-state index in [-0.39, 0.29) is 24.0 Å². The maximum atomic E-state index is 13.5. The number of hydrogen-bond acceptors (Lipinski definition) is 4. The number of ether oxygens (including phenoxy) is 1. The molecule has 2 heterocycles. The summed E-state index contributed by atoms with van der Waals surface area (Å²) in [4.78, 5) is 34.8. The highest BCUT2D eigenvalue weighted by Crippen LogP contribution is 2.31. The molecule has 1 aliphatic carbocycles. The molecule has 1 aliphatic heterocycles. The summed E-state index contributed by atoms with van der Waals surface area (Å²) in [5.74, 6) is 0.588. The van der Waals surface area contributed by atoms with Crippen molar-refractivity contribution in [2.75, 3.05) is 20.1 Å². The summed E-state index contributed by atoms with van der Waals surface area (Å²) < 4.78 is 8.36. The van der Waals surface area contributed by atoms with Crippen LogP contribution in [0.4, 0.5) is 0 Å². The molecule has 7 heteroatoms. The third-order valence-corrected chi connectivity index (χ3v) is 6.89. The van der Waals surface area contributed by atoms with Crippen molar-refractivity contribution in [3.8, 4) is 5.75 Å².